The highest BCUT2D eigenvalue weighted by Gasteiger charge is 2.14. The first-order valence-corrected chi connectivity index (χ1v) is 11.2. The zero-order valence-electron chi connectivity index (χ0n) is 17.9. The smallest absolute Gasteiger partial charge is 0.234 e. The van der Waals surface area contributed by atoms with Crippen LogP contribution in [0.15, 0.2) is 41.6 Å². The first-order valence-electron chi connectivity index (χ1n) is 9.79. The third-order valence-corrected chi connectivity index (χ3v) is 6.14. The van der Waals surface area contributed by atoms with Crippen LogP contribution in [-0.4, -0.2) is 33.5 Å². The van der Waals surface area contributed by atoms with Crippen molar-refractivity contribution in [2.45, 2.75) is 39.1 Å². The maximum atomic E-state index is 12.3. The van der Waals surface area contributed by atoms with Gasteiger partial charge >= 0.3 is 0 Å². The van der Waals surface area contributed by atoms with E-state index in [9.17, 15) is 4.79 Å². The molecule has 0 bridgehead atoms. The molecule has 0 atom stereocenters. The van der Waals surface area contributed by atoms with E-state index in [1.54, 1.807) is 13.2 Å². The summed E-state index contributed by atoms with van der Waals surface area (Å²) in [7, 11) is 1.59. The van der Waals surface area contributed by atoms with Crippen molar-refractivity contribution in [3.8, 4) is 11.5 Å². The normalized spacial score (nSPS) is 10.7. The monoisotopic (exact) mass is 460 g/mol. The quantitative estimate of drug-likeness (QED) is 0.458. The van der Waals surface area contributed by atoms with Gasteiger partial charge in [0, 0.05) is 23.3 Å². The second-order valence-electron chi connectivity index (χ2n) is 6.87. The van der Waals surface area contributed by atoms with E-state index in [0.29, 0.717) is 29.0 Å². The van der Waals surface area contributed by atoms with Crippen molar-refractivity contribution in [2.24, 2.45) is 0 Å². The maximum absolute atomic E-state index is 12.3. The Hall–Kier alpha value is -2.71. The molecule has 1 aromatic heterocycles. The van der Waals surface area contributed by atoms with Gasteiger partial charge in [0.2, 0.25) is 5.91 Å². The Balaban J connectivity index is 1.60. The highest BCUT2D eigenvalue weighted by Crippen LogP contribution is 2.27. The lowest BCUT2D eigenvalue weighted by Crippen LogP contribution is -2.15. The van der Waals surface area contributed by atoms with Crippen molar-refractivity contribution in [3.05, 3.63) is 58.4 Å². The van der Waals surface area contributed by atoms with Gasteiger partial charge in [0.25, 0.3) is 0 Å². The number of ether oxygens (including phenoxy) is 2. The Bertz CT molecular complexity index is 1050. The summed E-state index contributed by atoms with van der Waals surface area (Å²) in [4.78, 5) is 12.3. The van der Waals surface area contributed by atoms with E-state index in [1.807, 2.05) is 55.7 Å². The molecule has 1 amide bonds. The van der Waals surface area contributed by atoms with Gasteiger partial charge in [-0.2, -0.15) is 0 Å². The van der Waals surface area contributed by atoms with Crippen LogP contribution in [0.25, 0.3) is 0 Å². The number of aromatic nitrogens is 3. The fraction of sp³-hybridized carbons (Fsp3) is 0.318. The highest BCUT2D eigenvalue weighted by molar-refractivity contribution is 7.99. The van der Waals surface area contributed by atoms with Gasteiger partial charge in [0.1, 0.15) is 18.1 Å². The van der Waals surface area contributed by atoms with Gasteiger partial charge in [-0.05, 0) is 56.2 Å². The molecule has 1 heterocycles. The van der Waals surface area contributed by atoms with Gasteiger partial charge in [0.15, 0.2) is 11.0 Å². The molecule has 0 radical (unpaired) electrons. The van der Waals surface area contributed by atoms with Crippen LogP contribution in [0.1, 0.15) is 23.9 Å². The minimum absolute atomic E-state index is 0.131. The van der Waals surface area contributed by atoms with Crippen LogP contribution in [0.4, 0.5) is 5.69 Å². The zero-order valence-corrected chi connectivity index (χ0v) is 19.5. The van der Waals surface area contributed by atoms with Crippen LogP contribution in [0.3, 0.4) is 0 Å². The third-order valence-electron chi connectivity index (χ3n) is 4.57. The van der Waals surface area contributed by atoms with Crippen LogP contribution in [0, 0.1) is 13.8 Å². The standard InChI is InChI=1S/C22H25ClN4O3S/c1-5-27-19(12-30-18-9-14(2)21(23)15(3)10-18)25-26-22(27)31-13-20(28)24-16-7-6-8-17(11-16)29-4/h6-11H,5,12-13H2,1-4H3,(H,24,28). The van der Waals surface area contributed by atoms with Crippen molar-refractivity contribution in [2.75, 3.05) is 18.2 Å². The zero-order chi connectivity index (χ0) is 22.4. The van der Waals surface area contributed by atoms with Gasteiger partial charge in [-0.1, -0.05) is 29.4 Å². The number of anilines is 1. The number of halogens is 1. The molecule has 0 aliphatic heterocycles. The molecule has 0 spiro atoms. The Morgan fingerprint density at radius 3 is 2.58 bits per heavy atom. The molecule has 7 nitrogen and oxygen atoms in total. The molecule has 2 aromatic carbocycles. The number of hydrogen-bond donors (Lipinski definition) is 1. The predicted molar refractivity (Wildman–Crippen MR) is 123 cm³/mol. The van der Waals surface area contributed by atoms with E-state index in [2.05, 4.69) is 15.5 Å². The largest absolute Gasteiger partial charge is 0.497 e. The lowest BCUT2D eigenvalue weighted by atomic mass is 10.1. The molecule has 0 aliphatic rings. The number of carbonyl (C=O) groups is 1. The molecule has 0 unspecified atom stereocenters. The number of carbonyl (C=O) groups excluding carboxylic acids is 1. The predicted octanol–water partition coefficient (Wildman–Crippen LogP) is 4.89. The molecule has 164 valence electrons. The maximum Gasteiger partial charge on any atom is 0.234 e. The van der Waals surface area contributed by atoms with Crippen LogP contribution >= 0.6 is 23.4 Å². The molecular weight excluding hydrogens is 436 g/mol. The second kappa shape index (κ2) is 10.5. The van der Waals surface area contributed by atoms with Gasteiger partial charge in [-0.15, -0.1) is 10.2 Å². The average molecular weight is 461 g/mol. The topological polar surface area (TPSA) is 78.3 Å². The van der Waals surface area contributed by atoms with Gasteiger partial charge in [-0.3, -0.25) is 4.79 Å². The van der Waals surface area contributed by atoms with E-state index >= 15 is 0 Å². The van der Waals surface area contributed by atoms with Crippen LogP contribution in [-0.2, 0) is 17.9 Å². The number of rotatable bonds is 9. The highest BCUT2D eigenvalue weighted by atomic mass is 35.5. The van der Waals surface area contributed by atoms with Crippen LogP contribution < -0.4 is 14.8 Å². The minimum Gasteiger partial charge on any atom is -0.497 e. The van der Waals surface area contributed by atoms with Crippen molar-refractivity contribution in [1.29, 1.82) is 0 Å². The first-order chi connectivity index (χ1) is 14.9. The number of hydrogen-bond acceptors (Lipinski definition) is 6. The fourth-order valence-corrected chi connectivity index (χ4v) is 3.95. The van der Waals surface area contributed by atoms with Gasteiger partial charge in [-0.25, -0.2) is 0 Å². The molecule has 0 saturated heterocycles. The Labute approximate surface area is 191 Å². The lowest BCUT2D eigenvalue weighted by Gasteiger charge is -2.11. The number of benzene rings is 2. The molecular formula is C22H25ClN4O3S. The molecule has 0 aliphatic carbocycles. The molecule has 0 saturated carbocycles. The van der Waals surface area contributed by atoms with E-state index < -0.39 is 0 Å². The minimum atomic E-state index is -0.131. The number of thioether (sulfide) groups is 1. The Morgan fingerprint density at radius 1 is 1.16 bits per heavy atom. The molecule has 3 aromatic rings. The summed E-state index contributed by atoms with van der Waals surface area (Å²) >= 11 is 7.55. The van der Waals surface area contributed by atoms with Crippen molar-refractivity contribution >= 4 is 35.0 Å². The van der Waals surface area contributed by atoms with Crippen molar-refractivity contribution in [1.82, 2.24) is 14.8 Å². The summed E-state index contributed by atoms with van der Waals surface area (Å²) in [6.07, 6.45) is 0. The fourth-order valence-electron chi connectivity index (χ4n) is 3.02. The summed E-state index contributed by atoms with van der Waals surface area (Å²) in [6, 6.07) is 11.0. The molecule has 9 heteroatoms. The van der Waals surface area contributed by atoms with E-state index in [4.69, 9.17) is 21.1 Å². The lowest BCUT2D eigenvalue weighted by molar-refractivity contribution is -0.113. The molecule has 3 rings (SSSR count). The summed E-state index contributed by atoms with van der Waals surface area (Å²) in [5, 5.41) is 12.7. The molecule has 0 fully saturated rings. The summed E-state index contributed by atoms with van der Waals surface area (Å²) in [5.74, 6) is 2.20. The van der Waals surface area contributed by atoms with E-state index in [-0.39, 0.29) is 18.3 Å². The number of nitrogens with zero attached hydrogens (tertiary/aromatic N) is 3. The first kappa shape index (κ1) is 23.0. The SMILES string of the molecule is CCn1c(COc2cc(C)c(Cl)c(C)c2)nnc1SCC(=O)Nc1cccc(OC)c1. The van der Waals surface area contributed by atoms with E-state index in [1.165, 1.54) is 11.8 Å². The van der Waals surface area contributed by atoms with Gasteiger partial charge < -0.3 is 19.4 Å². The summed E-state index contributed by atoms with van der Waals surface area (Å²) < 4.78 is 13.0. The third kappa shape index (κ3) is 5.92. The van der Waals surface area contributed by atoms with Crippen LogP contribution in [0.5, 0.6) is 11.5 Å². The molecule has 1 N–H and O–H groups in total. The van der Waals surface area contributed by atoms with Crippen molar-refractivity contribution < 1.29 is 14.3 Å². The summed E-state index contributed by atoms with van der Waals surface area (Å²) in [5.41, 5.74) is 2.61. The Kier molecular flexibility index (Phi) is 7.81. The van der Waals surface area contributed by atoms with Crippen molar-refractivity contribution in [3.63, 3.8) is 0 Å². The summed E-state index contributed by atoms with van der Waals surface area (Å²) in [6.45, 7) is 6.84. The molecule has 31 heavy (non-hydrogen) atoms. The number of aryl methyl sites for hydroxylation is 2. The number of nitrogens with one attached hydrogen (secondary N) is 1. The Morgan fingerprint density at radius 2 is 1.90 bits per heavy atom. The second-order valence-corrected chi connectivity index (χ2v) is 8.19. The van der Waals surface area contributed by atoms with Crippen LogP contribution in [0.2, 0.25) is 5.02 Å². The number of amides is 1. The van der Waals surface area contributed by atoms with E-state index in [0.717, 1.165) is 21.9 Å². The van der Waals surface area contributed by atoms with Gasteiger partial charge in [0.05, 0.1) is 12.9 Å². The number of methoxy groups -OCH3 is 1. The average Bonchev–Trinajstić information content (AvgIpc) is 3.16.